The summed E-state index contributed by atoms with van der Waals surface area (Å²) < 4.78 is 5.31. The summed E-state index contributed by atoms with van der Waals surface area (Å²) in [5.74, 6) is 0.684. The second-order valence-corrected chi connectivity index (χ2v) is 7.21. The van der Waals surface area contributed by atoms with Crippen LogP contribution < -0.4 is 10.1 Å². The molecule has 1 atom stereocenters. The number of carbonyl (C=O) groups is 1. The minimum Gasteiger partial charge on any atom is -0.495 e. The van der Waals surface area contributed by atoms with Crippen LogP contribution >= 0.6 is 0 Å². The average Bonchev–Trinajstić information content (AvgIpc) is 3.12. The Balaban J connectivity index is 1.54. The van der Waals surface area contributed by atoms with Crippen LogP contribution in [0.2, 0.25) is 0 Å². The van der Waals surface area contributed by atoms with Crippen LogP contribution in [0.15, 0.2) is 24.3 Å². The Hall–Kier alpha value is -1.79. The number of likely N-dealkylation sites (N-methyl/N-ethyl adjacent to an activating group) is 1. The fourth-order valence-corrected chi connectivity index (χ4v) is 3.89. The predicted octanol–water partition coefficient (Wildman–Crippen LogP) is 2.33. The van der Waals surface area contributed by atoms with Gasteiger partial charge in [-0.15, -0.1) is 0 Å². The lowest BCUT2D eigenvalue weighted by Crippen LogP contribution is -2.45. The van der Waals surface area contributed by atoms with Crippen molar-refractivity contribution in [2.24, 2.45) is 0 Å². The molecule has 2 aliphatic heterocycles. The van der Waals surface area contributed by atoms with Crippen LogP contribution in [0, 0.1) is 0 Å². The number of anilines is 1. The van der Waals surface area contributed by atoms with E-state index in [2.05, 4.69) is 22.2 Å². The van der Waals surface area contributed by atoms with Gasteiger partial charge in [0, 0.05) is 32.2 Å². The summed E-state index contributed by atoms with van der Waals surface area (Å²) in [6, 6.07) is 8.39. The van der Waals surface area contributed by atoms with E-state index in [-0.39, 0.29) is 12.1 Å². The van der Waals surface area contributed by atoms with E-state index in [1.54, 1.807) is 7.11 Å². The second-order valence-electron chi connectivity index (χ2n) is 7.21. The number of carbonyl (C=O) groups excluding carboxylic acids is 1. The Morgan fingerprint density at radius 2 is 1.92 bits per heavy atom. The minimum absolute atomic E-state index is 0.0697. The zero-order valence-electron chi connectivity index (χ0n) is 15.6. The van der Waals surface area contributed by atoms with Gasteiger partial charge in [0.2, 0.25) is 0 Å². The van der Waals surface area contributed by atoms with Crippen LogP contribution in [0.3, 0.4) is 0 Å². The molecule has 0 spiro atoms. The SMILES string of the molecule is COc1ccccc1NC(=O)N(C)C1CCN(C2CCN(C)CC2)C1. The van der Waals surface area contributed by atoms with Crippen LogP contribution in [0.5, 0.6) is 5.75 Å². The maximum absolute atomic E-state index is 12.6. The molecule has 2 saturated heterocycles. The molecule has 25 heavy (non-hydrogen) atoms. The van der Waals surface area contributed by atoms with Gasteiger partial charge < -0.3 is 19.9 Å². The molecule has 6 nitrogen and oxygen atoms in total. The van der Waals surface area contributed by atoms with Gasteiger partial charge in [-0.1, -0.05) is 12.1 Å². The first-order valence-corrected chi connectivity index (χ1v) is 9.18. The van der Waals surface area contributed by atoms with Gasteiger partial charge in [-0.25, -0.2) is 4.79 Å². The maximum atomic E-state index is 12.6. The van der Waals surface area contributed by atoms with Crippen molar-refractivity contribution in [3.63, 3.8) is 0 Å². The van der Waals surface area contributed by atoms with Crippen LogP contribution in [0.1, 0.15) is 19.3 Å². The monoisotopic (exact) mass is 346 g/mol. The molecule has 1 aromatic rings. The van der Waals surface area contributed by atoms with Crippen molar-refractivity contribution < 1.29 is 9.53 Å². The zero-order chi connectivity index (χ0) is 17.8. The molecule has 1 N–H and O–H groups in total. The van der Waals surface area contributed by atoms with Crippen molar-refractivity contribution in [1.29, 1.82) is 0 Å². The predicted molar refractivity (Wildman–Crippen MR) is 100 cm³/mol. The smallest absolute Gasteiger partial charge is 0.321 e. The molecule has 0 radical (unpaired) electrons. The quantitative estimate of drug-likeness (QED) is 0.909. The number of rotatable bonds is 4. The van der Waals surface area contributed by atoms with E-state index < -0.39 is 0 Å². The topological polar surface area (TPSA) is 48.1 Å². The number of nitrogens with one attached hydrogen (secondary N) is 1. The van der Waals surface area contributed by atoms with E-state index in [0.29, 0.717) is 17.5 Å². The molecule has 0 aliphatic carbocycles. The number of methoxy groups -OCH3 is 1. The first kappa shape index (κ1) is 18.0. The second kappa shape index (κ2) is 8.06. The number of hydrogen-bond donors (Lipinski definition) is 1. The van der Waals surface area contributed by atoms with Gasteiger partial charge in [-0.05, 0) is 51.5 Å². The number of para-hydroxylation sites is 2. The summed E-state index contributed by atoms with van der Waals surface area (Å²) in [6.45, 7) is 4.42. The highest BCUT2D eigenvalue weighted by molar-refractivity contribution is 5.91. The Labute approximate surface area is 150 Å². The highest BCUT2D eigenvalue weighted by Gasteiger charge is 2.33. The summed E-state index contributed by atoms with van der Waals surface area (Å²) in [5, 5.41) is 2.98. The van der Waals surface area contributed by atoms with E-state index in [0.717, 1.165) is 19.5 Å². The fourth-order valence-electron chi connectivity index (χ4n) is 3.89. The molecule has 1 aromatic carbocycles. The Kier molecular flexibility index (Phi) is 5.81. The van der Waals surface area contributed by atoms with E-state index in [9.17, 15) is 4.79 Å². The molecule has 2 amide bonds. The number of urea groups is 1. The molecule has 2 fully saturated rings. The molecule has 138 valence electrons. The highest BCUT2D eigenvalue weighted by Crippen LogP contribution is 2.25. The van der Waals surface area contributed by atoms with E-state index in [4.69, 9.17) is 4.74 Å². The van der Waals surface area contributed by atoms with Crippen LogP contribution in [-0.4, -0.2) is 80.2 Å². The van der Waals surface area contributed by atoms with Crippen molar-refractivity contribution in [3.8, 4) is 5.75 Å². The summed E-state index contributed by atoms with van der Waals surface area (Å²) in [6.07, 6.45) is 3.52. The van der Waals surface area contributed by atoms with E-state index in [1.807, 2.05) is 36.2 Å². The highest BCUT2D eigenvalue weighted by atomic mass is 16.5. The molecule has 2 heterocycles. The Morgan fingerprint density at radius 1 is 1.20 bits per heavy atom. The first-order chi connectivity index (χ1) is 12.1. The first-order valence-electron chi connectivity index (χ1n) is 9.18. The lowest BCUT2D eigenvalue weighted by molar-refractivity contribution is 0.135. The number of benzene rings is 1. The number of ether oxygens (including phenoxy) is 1. The van der Waals surface area contributed by atoms with Gasteiger partial charge in [0.1, 0.15) is 5.75 Å². The third kappa shape index (κ3) is 4.25. The van der Waals surface area contributed by atoms with E-state index in [1.165, 1.54) is 25.9 Å². The number of piperidine rings is 1. The third-order valence-corrected chi connectivity index (χ3v) is 5.62. The van der Waals surface area contributed by atoms with Gasteiger partial charge in [0.15, 0.2) is 0 Å². The van der Waals surface area contributed by atoms with Gasteiger partial charge >= 0.3 is 6.03 Å². The number of nitrogens with zero attached hydrogens (tertiary/aromatic N) is 3. The minimum atomic E-state index is -0.0697. The lowest BCUT2D eigenvalue weighted by atomic mass is 10.0. The molecule has 0 saturated carbocycles. The van der Waals surface area contributed by atoms with Gasteiger partial charge in [0.25, 0.3) is 0 Å². The van der Waals surface area contributed by atoms with Crippen molar-refractivity contribution in [2.45, 2.75) is 31.3 Å². The third-order valence-electron chi connectivity index (χ3n) is 5.62. The van der Waals surface area contributed by atoms with Crippen molar-refractivity contribution >= 4 is 11.7 Å². The molecule has 0 aromatic heterocycles. The van der Waals surface area contributed by atoms with Crippen molar-refractivity contribution in [2.75, 3.05) is 52.7 Å². The van der Waals surface area contributed by atoms with Gasteiger partial charge in [-0.3, -0.25) is 4.90 Å². The number of hydrogen-bond acceptors (Lipinski definition) is 4. The van der Waals surface area contributed by atoms with Crippen molar-refractivity contribution in [1.82, 2.24) is 14.7 Å². The molecule has 0 bridgehead atoms. The van der Waals surface area contributed by atoms with Crippen molar-refractivity contribution in [3.05, 3.63) is 24.3 Å². The molecular formula is C19H30N4O2. The standard InChI is InChI=1S/C19H30N4O2/c1-21-11-8-15(9-12-21)23-13-10-16(14-23)22(2)19(24)20-17-6-4-5-7-18(17)25-3/h4-7,15-16H,8-14H2,1-3H3,(H,20,24). The molecular weight excluding hydrogens is 316 g/mol. The lowest BCUT2D eigenvalue weighted by Gasteiger charge is -2.35. The Morgan fingerprint density at radius 3 is 2.64 bits per heavy atom. The number of likely N-dealkylation sites (tertiary alicyclic amines) is 2. The fraction of sp³-hybridized carbons (Fsp3) is 0.632. The Bertz CT molecular complexity index is 587. The largest absolute Gasteiger partial charge is 0.495 e. The van der Waals surface area contributed by atoms with Gasteiger partial charge in [0.05, 0.1) is 12.8 Å². The van der Waals surface area contributed by atoms with Crippen LogP contribution in [0.25, 0.3) is 0 Å². The summed E-state index contributed by atoms with van der Waals surface area (Å²) in [7, 11) is 5.71. The van der Waals surface area contributed by atoms with Gasteiger partial charge in [-0.2, -0.15) is 0 Å². The normalized spacial score (nSPS) is 22.8. The summed E-state index contributed by atoms with van der Waals surface area (Å²) in [4.78, 5) is 19.4. The average molecular weight is 346 g/mol. The molecule has 1 unspecified atom stereocenters. The maximum Gasteiger partial charge on any atom is 0.321 e. The molecule has 2 aliphatic rings. The van der Waals surface area contributed by atoms with E-state index >= 15 is 0 Å². The summed E-state index contributed by atoms with van der Waals surface area (Å²) in [5.41, 5.74) is 0.715. The molecule has 3 rings (SSSR count). The molecule has 6 heteroatoms. The van der Waals surface area contributed by atoms with Crippen LogP contribution in [-0.2, 0) is 0 Å². The summed E-state index contributed by atoms with van der Waals surface area (Å²) >= 11 is 0. The van der Waals surface area contributed by atoms with Crippen LogP contribution in [0.4, 0.5) is 10.5 Å². The zero-order valence-corrected chi connectivity index (χ0v) is 15.6. The number of amides is 2.